The highest BCUT2D eigenvalue weighted by atomic mass is 16.6. The largest absolute Gasteiger partial charge is 0.313 e. The zero-order chi connectivity index (χ0) is 15.6. The highest BCUT2D eigenvalue weighted by Gasteiger charge is 2.20. The second kappa shape index (κ2) is 5.70. The molecule has 1 amide bonds. The van der Waals surface area contributed by atoms with Crippen LogP contribution in [0.25, 0.3) is 0 Å². The molecule has 1 aromatic heterocycles. The number of aryl methyl sites for hydroxylation is 3. The minimum atomic E-state index is -0.586. The van der Waals surface area contributed by atoms with Gasteiger partial charge in [0, 0.05) is 12.5 Å². The standard InChI is InChI=1S/C13H15N5O3/c1-4-11-15-12(17-16-11)13(19)14-9-5-7(2)8(3)6-10(9)18(20)21/h5-6H,4H2,1-3H3,(H,14,19)(H,15,16,17). The van der Waals surface area contributed by atoms with Gasteiger partial charge >= 0.3 is 0 Å². The Bertz CT molecular complexity index is 708. The van der Waals surface area contributed by atoms with Crippen molar-refractivity contribution >= 4 is 17.3 Å². The summed E-state index contributed by atoms with van der Waals surface area (Å²) in [6.07, 6.45) is 0.615. The first-order valence-electron chi connectivity index (χ1n) is 6.40. The number of rotatable bonds is 4. The molecule has 0 atom stereocenters. The number of nitrogens with one attached hydrogen (secondary N) is 2. The summed E-state index contributed by atoms with van der Waals surface area (Å²) in [5, 5.41) is 20.0. The molecule has 0 bridgehead atoms. The Morgan fingerprint density at radius 3 is 2.62 bits per heavy atom. The van der Waals surface area contributed by atoms with Crippen LogP contribution < -0.4 is 5.32 Å². The summed E-state index contributed by atoms with van der Waals surface area (Å²) >= 11 is 0. The normalized spacial score (nSPS) is 10.4. The molecule has 2 N–H and O–H groups in total. The number of nitrogens with zero attached hydrogens (tertiary/aromatic N) is 3. The Labute approximate surface area is 120 Å². The van der Waals surface area contributed by atoms with Gasteiger partial charge in [-0.3, -0.25) is 20.0 Å². The van der Waals surface area contributed by atoms with Crippen LogP contribution in [-0.4, -0.2) is 26.0 Å². The second-order valence-corrected chi connectivity index (χ2v) is 4.62. The number of nitro benzene ring substituents is 1. The number of nitro groups is 1. The van der Waals surface area contributed by atoms with Crippen molar-refractivity contribution in [2.24, 2.45) is 0 Å². The number of hydrogen-bond donors (Lipinski definition) is 2. The molecular weight excluding hydrogens is 274 g/mol. The fourth-order valence-corrected chi connectivity index (χ4v) is 1.79. The fourth-order valence-electron chi connectivity index (χ4n) is 1.79. The fraction of sp³-hybridized carbons (Fsp3) is 0.308. The van der Waals surface area contributed by atoms with Crippen LogP contribution in [0, 0.1) is 24.0 Å². The van der Waals surface area contributed by atoms with Crippen molar-refractivity contribution in [2.75, 3.05) is 5.32 Å². The molecule has 0 unspecified atom stereocenters. The minimum Gasteiger partial charge on any atom is -0.313 e. The molecular formula is C13H15N5O3. The van der Waals surface area contributed by atoms with E-state index >= 15 is 0 Å². The van der Waals surface area contributed by atoms with E-state index in [1.807, 2.05) is 13.8 Å². The quantitative estimate of drug-likeness (QED) is 0.661. The number of carbonyl (C=O) groups excluding carboxylic acids is 1. The predicted molar refractivity (Wildman–Crippen MR) is 76.3 cm³/mol. The van der Waals surface area contributed by atoms with Gasteiger partial charge in [0.1, 0.15) is 11.5 Å². The van der Waals surface area contributed by atoms with Gasteiger partial charge in [-0.1, -0.05) is 6.92 Å². The summed E-state index contributed by atoms with van der Waals surface area (Å²) in [7, 11) is 0. The zero-order valence-corrected chi connectivity index (χ0v) is 11.9. The lowest BCUT2D eigenvalue weighted by Gasteiger charge is -2.07. The first-order chi connectivity index (χ1) is 9.92. The number of aromatic nitrogens is 3. The molecule has 2 aromatic rings. The predicted octanol–water partition coefficient (Wildman–Crippen LogP) is 2.14. The lowest BCUT2D eigenvalue weighted by atomic mass is 10.1. The number of carbonyl (C=O) groups is 1. The Morgan fingerprint density at radius 2 is 2.05 bits per heavy atom. The molecule has 8 heteroatoms. The lowest BCUT2D eigenvalue weighted by Crippen LogP contribution is -2.15. The average Bonchev–Trinajstić information content (AvgIpc) is 2.91. The van der Waals surface area contributed by atoms with E-state index in [2.05, 4.69) is 20.5 Å². The average molecular weight is 289 g/mol. The van der Waals surface area contributed by atoms with Crippen LogP contribution in [0.15, 0.2) is 12.1 Å². The molecule has 0 saturated heterocycles. The van der Waals surface area contributed by atoms with Gasteiger partial charge in [0.25, 0.3) is 11.6 Å². The maximum atomic E-state index is 12.0. The number of hydrogen-bond acceptors (Lipinski definition) is 5. The Morgan fingerprint density at radius 1 is 1.38 bits per heavy atom. The topological polar surface area (TPSA) is 114 Å². The molecule has 0 spiro atoms. The maximum absolute atomic E-state index is 12.0. The van der Waals surface area contributed by atoms with Crippen LogP contribution in [-0.2, 0) is 6.42 Å². The molecule has 110 valence electrons. The monoisotopic (exact) mass is 289 g/mol. The third-order valence-electron chi connectivity index (χ3n) is 3.13. The molecule has 1 heterocycles. The minimum absolute atomic E-state index is 0.0422. The van der Waals surface area contributed by atoms with Crippen molar-refractivity contribution in [1.82, 2.24) is 15.2 Å². The molecule has 8 nitrogen and oxygen atoms in total. The third-order valence-corrected chi connectivity index (χ3v) is 3.13. The van der Waals surface area contributed by atoms with Crippen molar-refractivity contribution in [3.05, 3.63) is 45.0 Å². The lowest BCUT2D eigenvalue weighted by molar-refractivity contribution is -0.384. The number of aromatic amines is 1. The smallest absolute Gasteiger partial charge is 0.295 e. The molecule has 0 aliphatic heterocycles. The summed E-state index contributed by atoms with van der Waals surface area (Å²) < 4.78 is 0. The molecule has 0 fully saturated rings. The summed E-state index contributed by atoms with van der Waals surface area (Å²) in [6.45, 7) is 5.46. The first kappa shape index (κ1) is 14.6. The summed E-state index contributed by atoms with van der Waals surface area (Å²) in [5.74, 6) is -0.0496. The van der Waals surface area contributed by atoms with Gasteiger partial charge < -0.3 is 5.32 Å². The first-order valence-corrected chi connectivity index (χ1v) is 6.40. The summed E-state index contributed by atoms with van der Waals surface area (Å²) in [4.78, 5) is 26.6. The highest BCUT2D eigenvalue weighted by molar-refractivity contribution is 6.02. The van der Waals surface area contributed by atoms with Crippen LogP contribution >= 0.6 is 0 Å². The molecule has 21 heavy (non-hydrogen) atoms. The van der Waals surface area contributed by atoms with Gasteiger partial charge in [-0.15, -0.1) is 5.10 Å². The van der Waals surface area contributed by atoms with Crippen molar-refractivity contribution in [3.8, 4) is 0 Å². The number of H-pyrrole nitrogens is 1. The SMILES string of the molecule is CCc1nc(C(=O)Nc2cc(C)c(C)cc2[N+](=O)[O-])n[nH]1. The Kier molecular flexibility index (Phi) is 3.97. The van der Waals surface area contributed by atoms with Crippen LogP contribution in [0.1, 0.15) is 34.5 Å². The van der Waals surface area contributed by atoms with E-state index in [0.29, 0.717) is 12.2 Å². The van der Waals surface area contributed by atoms with E-state index in [0.717, 1.165) is 11.1 Å². The molecule has 0 saturated carbocycles. The van der Waals surface area contributed by atoms with E-state index in [9.17, 15) is 14.9 Å². The van der Waals surface area contributed by atoms with Crippen LogP contribution in [0.3, 0.4) is 0 Å². The summed E-state index contributed by atoms with van der Waals surface area (Å²) in [5.41, 5.74) is 1.61. The number of benzene rings is 1. The van der Waals surface area contributed by atoms with Gasteiger partial charge in [0.15, 0.2) is 0 Å². The maximum Gasteiger partial charge on any atom is 0.295 e. The number of anilines is 1. The van der Waals surface area contributed by atoms with Gasteiger partial charge in [-0.05, 0) is 31.0 Å². The Balaban J connectivity index is 2.32. The van der Waals surface area contributed by atoms with Crippen molar-refractivity contribution < 1.29 is 9.72 Å². The molecule has 0 aliphatic carbocycles. The highest BCUT2D eigenvalue weighted by Crippen LogP contribution is 2.28. The van der Waals surface area contributed by atoms with E-state index in [1.54, 1.807) is 13.0 Å². The third kappa shape index (κ3) is 3.04. The van der Waals surface area contributed by atoms with E-state index in [-0.39, 0.29) is 17.2 Å². The van der Waals surface area contributed by atoms with Crippen molar-refractivity contribution in [2.45, 2.75) is 27.2 Å². The Hall–Kier alpha value is -2.77. The van der Waals surface area contributed by atoms with Gasteiger partial charge in [-0.2, -0.15) is 0 Å². The number of amides is 1. The summed E-state index contributed by atoms with van der Waals surface area (Å²) in [6, 6.07) is 3.00. The zero-order valence-electron chi connectivity index (χ0n) is 11.9. The van der Waals surface area contributed by atoms with Crippen molar-refractivity contribution in [1.29, 1.82) is 0 Å². The second-order valence-electron chi connectivity index (χ2n) is 4.62. The van der Waals surface area contributed by atoms with Crippen LogP contribution in [0.5, 0.6) is 0 Å². The van der Waals surface area contributed by atoms with Crippen LogP contribution in [0.4, 0.5) is 11.4 Å². The molecule has 2 rings (SSSR count). The molecule has 1 aromatic carbocycles. The van der Waals surface area contributed by atoms with E-state index in [1.165, 1.54) is 6.07 Å². The van der Waals surface area contributed by atoms with Gasteiger partial charge in [-0.25, -0.2) is 4.98 Å². The van der Waals surface area contributed by atoms with Crippen LogP contribution in [0.2, 0.25) is 0 Å². The van der Waals surface area contributed by atoms with E-state index < -0.39 is 10.8 Å². The molecule has 0 radical (unpaired) electrons. The van der Waals surface area contributed by atoms with Gasteiger partial charge in [0.2, 0.25) is 5.82 Å². The van der Waals surface area contributed by atoms with Crippen molar-refractivity contribution in [3.63, 3.8) is 0 Å². The van der Waals surface area contributed by atoms with Gasteiger partial charge in [0.05, 0.1) is 4.92 Å². The van der Waals surface area contributed by atoms with E-state index in [4.69, 9.17) is 0 Å². The molecule has 0 aliphatic rings.